The molecule has 0 rings (SSSR count). The zero-order valence-corrected chi connectivity index (χ0v) is 10.3. The lowest BCUT2D eigenvalue weighted by atomic mass is 10.0. The van der Waals surface area contributed by atoms with Gasteiger partial charge in [-0.25, -0.2) is 0 Å². The minimum Gasteiger partial charge on any atom is -0.383 e. The van der Waals surface area contributed by atoms with Gasteiger partial charge in [0.15, 0.2) is 0 Å². The van der Waals surface area contributed by atoms with Gasteiger partial charge in [-0.05, 0) is 20.0 Å². The van der Waals surface area contributed by atoms with E-state index in [1.54, 1.807) is 7.11 Å². The van der Waals surface area contributed by atoms with Crippen molar-refractivity contribution in [2.75, 3.05) is 39.9 Å². The summed E-state index contributed by atoms with van der Waals surface area (Å²) in [6.07, 6.45) is 0. The molecule has 0 aliphatic carbocycles. The van der Waals surface area contributed by atoms with E-state index in [1.807, 2.05) is 13.8 Å². The lowest BCUT2D eigenvalue weighted by molar-refractivity contribution is 0.138. The third kappa shape index (κ3) is 5.73. The van der Waals surface area contributed by atoms with Gasteiger partial charge in [0.1, 0.15) is 5.54 Å². The molecule has 4 nitrogen and oxygen atoms in total. The van der Waals surface area contributed by atoms with Crippen LogP contribution in [0.4, 0.5) is 0 Å². The number of nitrogens with zero attached hydrogens (tertiary/aromatic N) is 2. The number of hydrogen-bond acceptors (Lipinski definition) is 4. The molecular formula is C11H23N3O. The van der Waals surface area contributed by atoms with Crippen LogP contribution in [0.2, 0.25) is 0 Å². The van der Waals surface area contributed by atoms with Crippen LogP contribution in [0.1, 0.15) is 20.8 Å². The standard InChI is InChI=1S/C11H23N3O/c1-5-13-11(3,9-12)10-14(6-2)7-8-15-4/h13H,5-8,10H2,1-4H3. The topological polar surface area (TPSA) is 48.3 Å². The van der Waals surface area contributed by atoms with Crippen molar-refractivity contribution >= 4 is 0 Å². The summed E-state index contributed by atoms with van der Waals surface area (Å²) in [5.74, 6) is 0. The van der Waals surface area contributed by atoms with Crippen LogP contribution in [-0.2, 0) is 4.74 Å². The molecule has 88 valence electrons. The van der Waals surface area contributed by atoms with Gasteiger partial charge >= 0.3 is 0 Å². The first-order valence-electron chi connectivity index (χ1n) is 5.49. The molecule has 0 aromatic rings. The minimum absolute atomic E-state index is 0.460. The van der Waals surface area contributed by atoms with Crippen molar-refractivity contribution in [2.45, 2.75) is 26.3 Å². The van der Waals surface area contributed by atoms with Gasteiger partial charge in [-0.15, -0.1) is 0 Å². The molecule has 1 N–H and O–H groups in total. The molecule has 0 aliphatic heterocycles. The van der Waals surface area contributed by atoms with Crippen LogP contribution in [0.25, 0.3) is 0 Å². The number of methoxy groups -OCH3 is 1. The van der Waals surface area contributed by atoms with Crippen molar-refractivity contribution in [3.8, 4) is 6.07 Å². The van der Waals surface area contributed by atoms with Crippen LogP contribution < -0.4 is 5.32 Å². The monoisotopic (exact) mass is 213 g/mol. The average Bonchev–Trinajstić information content (AvgIpc) is 2.24. The quantitative estimate of drug-likeness (QED) is 0.649. The van der Waals surface area contributed by atoms with Crippen LogP contribution in [0.3, 0.4) is 0 Å². The Kier molecular flexibility index (Phi) is 7.31. The minimum atomic E-state index is -0.460. The number of ether oxygens (including phenoxy) is 1. The Morgan fingerprint density at radius 2 is 2.13 bits per heavy atom. The zero-order chi connectivity index (χ0) is 11.7. The predicted octanol–water partition coefficient (Wildman–Crippen LogP) is 0.846. The number of rotatable bonds is 8. The van der Waals surface area contributed by atoms with E-state index < -0.39 is 5.54 Å². The van der Waals surface area contributed by atoms with E-state index in [9.17, 15) is 0 Å². The van der Waals surface area contributed by atoms with Crippen molar-refractivity contribution < 1.29 is 4.74 Å². The molecule has 1 atom stereocenters. The molecule has 0 aromatic heterocycles. The molecule has 0 spiro atoms. The first-order valence-corrected chi connectivity index (χ1v) is 5.49. The van der Waals surface area contributed by atoms with Crippen LogP contribution in [0.15, 0.2) is 0 Å². The second kappa shape index (κ2) is 7.63. The van der Waals surface area contributed by atoms with E-state index in [1.165, 1.54) is 0 Å². The van der Waals surface area contributed by atoms with Gasteiger partial charge in [0.2, 0.25) is 0 Å². The Morgan fingerprint density at radius 1 is 1.47 bits per heavy atom. The van der Waals surface area contributed by atoms with Crippen molar-refractivity contribution in [3.63, 3.8) is 0 Å². The summed E-state index contributed by atoms with van der Waals surface area (Å²) in [4.78, 5) is 2.22. The molecule has 0 saturated carbocycles. The average molecular weight is 213 g/mol. The highest BCUT2D eigenvalue weighted by atomic mass is 16.5. The van der Waals surface area contributed by atoms with E-state index in [2.05, 4.69) is 23.2 Å². The van der Waals surface area contributed by atoms with Gasteiger partial charge in [-0.1, -0.05) is 13.8 Å². The normalized spacial score (nSPS) is 14.9. The van der Waals surface area contributed by atoms with Crippen molar-refractivity contribution in [1.82, 2.24) is 10.2 Å². The number of likely N-dealkylation sites (N-methyl/N-ethyl adjacent to an activating group) is 2. The summed E-state index contributed by atoms with van der Waals surface area (Å²) in [5.41, 5.74) is -0.460. The Balaban J connectivity index is 4.18. The third-order valence-electron chi connectivity index (χ3n) is 2.41. The molecule has 0 heterocycles. The zero-order valence-electron chi connectivity index (χ0n) is 10.3. The first kappa shape index (κ1) is 14.4. The fourth-order valence-corrected chi connectivity index (χ4v) is 1.54. The third-order valence-corrected chi connectivity index (χ3v) is 2.41. The van der Waals surface area contributed by atoms with Gasteiger partial charge in [0.05, 0.1) is 12.7 Å². The fourth-order valence-electron chi connectivity index (χ4n) is 1.54. The number of nitriles is 1. The van der Waals surface area contributed by atoms with E-state index in [-0.39, 0.29) is 0 Å². The maximum absolute atomic E-state index is 9.12. The Hall–Kier alpha value is -0.630. The molecule has 0 saturated heterocycles. The smallest absolute Gasteiger partial charge is 0.116 e. The van der Waals surface area contributed by atoms with Gasteiger partial charge in [-0.2, -0.15) is 5.26 Å². The Morgan fingerprint density at radius 3 is 2.53 bits per heavy atom. The van der Waals surface area contributed by atoms with Gasteiger partial charge in [0.25, 0.3) is 0 Å². The number of hydrogen-bond donors (Lipinski definition) is 1. The molecule has 0 aromatic carbocycles. The molecule has 0 fully saturated rings. The molecule has 1 unspecified atom stereocenters. The maximum atomic E-state index is 9.12. The first-order chi connectivity index (χ1) is 7.11. The van der Waals surface area contributed by atoms with Gasteiger partial charge in [-0.3, -0.25) is 10.2 Å². The highest BCUT2D eigenvalue weighted by Gasteiger charge is 2.24. The van der Waals surface area contributed by atoms with Gasteiger partial charge < -0.3 is 4.74 Å². The summed E-state index contributed by atoms with van der Waals surface area (Å²) in [6, 6.07) is 2.33. The molecule has 4 heteroatoms. The SMILES string of the molecule is CCNC(C)(C#N)CN(CC)CCOC. The highest BCUT2D eigenvalue weighted by Crippen LogP contribution is 2.05. The summed E-state index contributed by atoms with van der Waals surface area (Å²) in [5, 5.41) is 12.3. The second-order valence-corrected chi connectivity index (χ2v) is 3.84. The lowest BCUT2D eigenvalue weighted by Crippen LogP contribution is -2.50. The molecule has 0 radical (unpaired) electrons. The van der Waals surface area contributed by atoms with Crippen LogP contribution in [0, 0.1) is 11.3 Å². The largest absolute Gasteiger partial charge is 0.383 e. The molecule has 0 amide bonds. The fraction of sp³-hybridized carbons (Fsp3) is 0.909. The van der Waals surface area contributed by atoms with E-state index in [0.717, 1.165) is 26.2 Å². The van der Waals surface area contributed by atoms with Gasteiger partial charge in [0, 0.05) is 20.2 Å². The molecule has 0 aliphatic rings. The summed E-state index contributed by atoms with van der Waals surface area (Å²) in [7, 11) is 1.70. The van der Waals surface area contributed by atoms with Crippen LogP contribution in [-0.4, -0.2) is 50.3 Å². The number of nitrogens with one attached hydrogen (secondary N) is 1. The van der Waals surface area contributed by atoms with Crippen molar-refractivity contribution in [2.24, 2.45) is 0 Å². The predicted molar refractivity (Wildman–Crippen MR) is 61.7 cm³/mol. The van der Waals surface area contributed by atoms with Crippen LogP contribution >= 0.6 is 0 Å². The molecular weight excluding hydrogens is 190 g/mol. The lowest BCUT2D eigenvalue weighted by Gasteiger charge is -2.30. The maximum Gasteiger partial charge on any atom is 0.116 e. The Labute approximate surface area is 93.2 Å². The van der Waals surface area contributed by atoms with Crippen molar-refractivity contribution in [1.29, 1.82) is 5.26 Å². The molecule has 15 heavy (non-hydrogen) atoms. The van der Waals surface area contributed by atoms with E-state index in [4.69, 9.17) is 10.00 Å². The summed E-state index contributed by atoms with van der Waals surface area (Å²) < 4.78 is 5.04. The summed E-state index contributed by atoms with van der Waals surface area (Å²) in [6.45, 7) is 10.1. The Bertz CT molecular complexity index is 202. The molecule has 0 bridgehead atoms. The second-order valence-electron chi connectivity index (χ2n) is 3.84. The van der Waals surface area contributed by atoms with Crippen molar-refractivity contribution in [3.05, 3.63) is 0 Å². The van der Waals surface area contributed by atoms with E-state index >= 15 is 0 Å². The highest BCUT2D eigenvalue weighted by molar-refractivity contribution is 5.05. The summed E-state index contributed by atoms with van der Waals surface area (Å²) >= 11 is 0. The van der Waals surface area contributed by atoms with Crippen LogP contribution in [0.5, 0.6) is 0 Å². The van der Waals surface area contributed by atoms with E-state index in [0.29, 0.717) is 6.61 Å².